The molecule has 0 saturated heterocycles. The third kappa shape index (κ3) is 4.22. The minimum atomic E-state index is -0.876. The Balaban J connectivity index is 1.87. The predicted molar refractivity (Wildman–Crippen MR) is 73.0 cm³/mol. The first-order valence-corrected chi connectivity index (χ1v) is 6.68. The van der Waals surface area contributed by atoms with Gasteiger partial charge in [-0.2, -0.15) is 0 Å². The van der Waals surface area contributed by atoms with E-state index in [2.05, 4.69) is 10.3 Å². The summed E-state index contributed by atoms with van der Waals surface area (Å²) in [5.41, 5.74) is 0.985. The molecule has 1 aliphatic carbocycles. The molecule has 1 aliphatic rings. The molecule has 0 bridgehead atoms. The first kappa shape index (κ1) is 14.3. The minimum absolute atomic E-state index is 0.0144. The van der Waals surface area contributed by atoms with Gasteiger partial charge in [-0.15, -0.1) is 0 Å². The normalized spacial score (nSPS) is 15.4. The van der Waals surface area contributed by atoms with Gasteiger partial charge in [0.1, 0.15) is 0 Å². The predicted octanol–water partition coefficient (Wildman–Crippen LogP) is 1.48. The topological polar surface area (TPSA) is 82.5 Å². The second kappa shape index (κ2) is 6.36. The fourth-order valence-corrected chi connectivity index (χ4v) is 2.12. The average molecular weight is 277 g/mol. The quantitative estimate of drug-likeness (QED) is 0.825. The van der Waals surface area contributed by atoms with E-state index in [4.69, 9.17) is 5.11 Å². The second-order valence-corrected chi connectivity index (χ2v) is 5.20. The van der Waals surface area contributed by atoms with Crippen LogP contribution in [0.25, 0.3) is 0 Å². The van der Waals surface area contributed by atoms with Crippen molar-refractivity contribution in [2.24, 2.45) is 5.92 Å². The molecule has 1 fully saturated rings. The summed E-state index contributed by atoms with van der Waals surface area (Å²) >= 11 is 0. The van der Waals surface area contributed by atoms with E-state index in [9.17, 15) is 9.59 Å². The van der Waals surface area contributed by atoms with Gasteiger partial charge in [0.05, 0.1) is 6.42 Å². The number of nitrogens with one attached hydrogen (secondary N) is 1. The summed E-state index contributed by atoms with van der Waals surface area (Å²) in [6.45, 7) is 0.471. The highest BCUT2D eigenvalue weighted by molar-refractivity contribution is 5.75. The first-order chi connectivity index (χ1) is 9.56. The van der Waals surface area contributed by atoms with Crippen LogP contribution in [0, 0.1) is 5.92 Å². The Morgan fingerprint density at radius 2 is 2.10 bits per heavy atom. The Morgan fingerprint density at radius 1 is 1.45 bits per heavy atom. The number of carboxylic acids is 1. The average Bonchev–Trinajstić information content (AvgIpc) is 3.22. The van der Waals surface area contributed by atoms with E-state index >= 15 is 0 Å². The van der Waals surface area contributed by atoms with Gasteiger partial charge in [0.25, 0.3) is 0 Å². The number of hydrogen-bond acceptors (Lipinski definition) is 3. The molecule has 108 valence electrons. The molecule has 1 saturated carbocycles. The van der Waals surface area contributed by atoms with Crippen molar-refractivity contribution in [3.63, 3.8) is 0 Å². The van der Waals surface area contributed by atoms with Crippen LogP contribution in [0.4, 0.5) is 4.79 Å². The number of carboxylic acid groups (broad SMARTS) is 1. The summed E-state index contributed by atoms with van der Waals surface area (Å²) in [7, 11) is 1.69. The number of carbonyl (C=O) groups excluding carboxylic acids is 1. The number of rotatable bonds is 6. The highest BCUT2D eigenvalue weighted by atomic mass is 16.4. The minimum Gasteiger partial charge on any atom is -0.481 e. The van der Waals surface area contributed by atoms with E-state index in [1.807, 2.05) is 12.1 Å². The molecule has 2 rings (SSSR count). The number of nitrogens with zero attached hydrogens (tertiary/aromatic N) is 2. The molecule has 2 amide bonds. The monoisotopic (exact) mass is 277 g/mol. The lowest BCUT2D eigenvalue weighted by atomic mass is 10.1. The van der Waals surface area contributed by atoms with E-state index in [1.54, 1.807) is 24.3 Å². The van der Waals surface area contributed by atoms with Crippen molar-refractivity contribution in [1.29, 1.82) is 0 Å². The highest BCUT2D eigenvalue weighted by Crippen LogP contribution is 2.34. The van der Waals surface area contributed by atoms with Crippen LogP contribution in [0.5, 0.6) is 0 Å². The second-order valence-electron chi connectivity index (χ2n) is 5.20. The maximum absolute atomic E-state index is 12.1. The Hall–Kier alpha value is -2.11. The van der Waals surface area contributed by atoms with Gasteiger partial charge in [0.2, 0.25) is 0 Å². The molecule has 6 heteroatoms. The van der Waals surface area contributed by atoms with Crippen LogP contribution >= 0.6 is 0 Å². The van der Waals surface area contributed by atoms with Gasteiger partial charge in [0.15, 0.2) is 0 Å². The van der Waals surface area contributed by atoms with Crippen molar-refractivity contribution in [2.75, 3.05) is 7.05 Å². The van der Waals surface area contributed by atoms with Crippen LogP contribution in [0.1, 0.15) is 24.8 Å². The molecule has 1 aromatic rings. The number of aliphatic carboxylic acids is 1. The summed E-state index contributed by atoms with van der Waals surface area (Å²) < 4.78 is 0. The van der Waals surface area contributed by atoms with Crippen LogP contribution < -0.4 is 5.32 Å². The fraction of sp³-hybridized carbons (Fsp3) is 0.500. The zero-order valence-electron chi connectivity index (χ0n) is 11.5. The third-order valence-electron chi connectivity index (χ3n) is 3.41. The highest BCUT2D eigenvalue weighted by Gasteiger charge is 2.34. The van der Waals surface area contributed by atoms with Gasteiger partial charge in [-0.05, 0) is 36.5 Å². The molecular weight excluding hydrogens is 258 g/mol. The van der Waals surface area contributed by atoms with Crippen molar-refractivity contribution in [1.82, 2.24) is 15.2 Å². The summed E-state index contributed by atoms with van der Waals surface area (Å²) in [5.74, 6) is -0.566. The van der Waals surface area contributed by atoms with E-state index < -0.39 is 5.97 Å². The van der Waals surface area contributed by atoms with Crippen molar-refractivity contribution >= 4 is 12.0 Å². The number of hydrogen-bond donors (Lipinski definition) is 2. The number of pyridine rings is 1. The van der Waals surface area contributed by atoms with Gasteiger partial charge in [-0.1, -0.05) is 0 Å². The summed E-state index contributed by atoms with van der Waals surface area (Å²) in [6, 6.07) is 3.19. The molecule has 1 heterocycles. The summed E-state index contributed by atoms with van der Waals surface area (Å²) in [5, 5.41) is 11.7. The smallest absolute Gasteiger partial charge is 0.317 e. The molecule has 0 aromatic carbocycles. The van der Waals surface area contributed by atoms with Crippen LogP contribution in [0.3, 0.4) is 0 Å². The van der Waals surface area contributed by atoms with Crippen LogP contribution in [0.15, 0.2) is 24.5 Å². The van der Waals surface area contributed by atoms with Crippen LogP contribution in [-0.2, 0) is 11.3 Å². The zero-order valence-corrected chi connectivity index (χ0v) is 11.5. The Morgan fingerprint density at radius 3 is 2.65 bits per heavy atom. The molecule has 1 atom stereocenters. The lowest BCUT2D eigenvalue weighted by molar-refractivity contribution is -0.137. The molecule has 1 aromatic heterocycles. The largest absolute Gasteiger partial charge is 0.481 e. The Kier molecular flexibility index (Phi) is 4.55. The summed E-state index contributed by atoms with van der Waals surface area (Å²) in [4.78, 5) is 28.4. The standard InChI is InChI=1S/C14H19N3O3/c1-17(9-10-4-6-15-7-5-10)14(20)16-12(8-13(18)19)11-2-3-11/h4-7,11-12H,2-3,8-9H2,1H3,(H,16,20)(H,18,19). The molecule has 1 unspecified atom stereocenters. The van der Waals surface area contributed by atoms with E-state index in [0.29, 0.717) is 12.5 Å². The molecule has 20 heavy (non-hydrogen) atoms. The third-order valence-corrected chi connectivity index (χ3v) is 3.41. The zero-order chi connectivity index (χ0) is 14.5. The van der Waals surface area contributed by atoms with Crippen molar-refractivity contribution in [3.05, 3.63) is 30.1 Å². The first-order valence-electron chi connectivity index (χ1n) is 6.68. The Bertz CT molecular complexity index is 474. The summed E-state index contributed by atoms with van der Waals surface area (Å²) in [6.07, 6.45) is 5.33. The molecule has 6 nitrogen and oxygen atoms in total. The van der Waals surface area contributed by atoms with Crippen LogP contribution in [-0.4, -0.2) is 40.1 Å². The van der Waals surface area contributed by atoms with Gasteiger partial charge in [-0.25, -0.2) is 4.79 Å². The Labute approximate surface area is 117 Å². The van der Waals surface area contributed by atoms with Gasteiger partial charge in [-0.3, -0.25) is 9.78 Å². The van der Waals surface area contributed by atoms with Gasteiger partial charge >= 0.3 is 12.0 Å². The lowest BCUT2D eigenvalue weighted by Gasteiger charge is -2.22. The van der Waals surface area contributed by atoms with Crippen molar-refractivity contribution in [2.45, 2.75) is 31.8 Å². The number of carbonyl (C=O) groups is 2. The van der Waals surface area contributed by atoms with E-state index in [-0.39, 0.29) is 18.5 Å². The number of amides is 2. The van der Waals surface area contributed by atoms with Crippen molar-refractivity contribution < 1.29 is 14.7 Å². The number of urea groups is 1. The maximum Gasteiger partial charge on any atom is 0.317 e. The molecular formula is C14H19N3O3. The molecule has 2 N–H and O–H groups in total. The van der Waals surface area contributed by atoms with Crippen molar-refractivity contribution in [3.8, 4) is 0 Å². The fourth-order valence-electron chi connectivity index (χ4n) is 2.12. The molecule has 0 spiro atoms. The van der Waals surface area contributed by atoms with Crippen LogP contribution in [0.2, 0.25) is 0 Å². The molecule has 0 aliphatic heterocycles. The number of aromatic nitrogens is 1. The van der Waals surface area contributed by atoms with E-state index in [0.717, 1.165) is 18.4 Å². The lowest BCUT2D eigenvalue weighted by Crippen LogP contribution is -2.44. The molecule has 0 radical (unpaired) electrons. The van der Waals surface area contributed by atoms with Gasteiger partial charge in [0, 0.05) is 32.0 Å². The maximum atomic E-state index is 12.1. The van der Waals surface area contributed by atoms with E-state index in [1.165, 1.54) is 0 Å². The van der Waals surface area contributed by atoms with Gasteiger partial charge < -0.3 is 15.3 Å². The SMILES string of the molecule is CN(Cc1ccncc1)C(=O)NC(CC(=O)O)C1CC1.